The van der Waals surface area contributed by atoms with Gasteiger partial charge in [0.1, 0.15) is 37.1 Å². The van der Waals surface area contributed by atoms with Crippen molar-refractivity contribution >= 4 is 107 Å². The Morgan fingerprint density at radius 2 is 1.19 bits per heavy atom. The molecule has 4 fully saturated rings. The van der Waals surface area contributed by atoms with Gasteiger partial charge in [-0.1, -0.05) is 99.7 Å². The van der Waals surface area contributed by atoms with Gasteiger partial charge in [0.15, 0.2) is 10.8 Å². The van der Waals surface area contributed by atoms with Crippen molar-refractivity contribution < 1.29 is 128 Å². The van der Waals surface area contributed by atoms with Gasteiger partial charge in [-0.05, 0) is 170 Å². The molecular formula is C100H130N12O27S2. The number of amides is 9. The van der Waals surface area contributed by atoms with E-state index < -0.39 is 99.7 Å². The number of thiazole rings is 1. The van der Waals surface area contributed by atoms with Gasteiger partial charge in [-0.25, -0.2) is 24.4 Å². The van der Waals surface area contributed by atoms with Gasteiger partial charge in [0.05, 0.1) is 179 Å². The summed E-state index contributed by atoms with van der Waals surface area (Å²) < 4.78 is 116. The van der Waals surface area contributed by atoms with Crippen LogP contribution in [0.3, 0.4) is 0 Å². The van der Waals surface area contributed by atoms with Crippen molar-refractivity contribution in [1.82, 2.24) is 40.2 Å². The second kappa shape index (κ2) is 52.7. The molecule has 0 radical (unpaired) electrons. The third kappa shape index (κ3) is 31.6. The monoisotopic (exact) mass is 1990 g/mol. The number of urea groups is 1. The molecule has 39 nitrogen and oxygen atoms in total. The molecule has 0 saturated heterocycles. The van der Waals surface area contributed by atoms with Crippen LogP contribution in [0.25, 0.3) is 43.4 Å². The number of methoxy groups -OCH3 is 1. The van der Waals surface area contributed by atoms with E-state index in [1.165, 1.54) is 35.6 Å². The number of carboxylic acids is 1. The number of imide groups is 2. The summed E-state index contributed by atoms with van der Waals surface area (Å²) in [7, 11) is -2.96. The first kappa shape index (κ1) is 109. The van der Waals surface area contributed by atoms with Crippen LogP contribution in [0.1, 0.15) is 117 Å². The first-order valence-corrected chi connectivity index (χ1v) is 49.8. The van der Waals surface area contributed by atoms with Crippen LogP contribution in [0.4, 0.5) is 20.4 Å². The van der Waals surface area contributed by atoms with Crippen molar-refractivity contribution in [1.29, 1.82) is 0 Å². The number of rotatable bonds is 63. The number of hydrogen-bond donors (Lipinski definition) is 7. The molecule has 0 spiro atoms. The molecule has 2 unspecified atom stereocenters. The van der Waals surface area contributed by atoms with Crippen LogP contribution >= 0.6 is 11.3 Å². The van der Waals surface area contributed by atoms with Crippen molar-refractivity contribution in [3.05, 3.63) is 168 Å². The molecule has 41 heteroatoms. The molecule has 4 heterocycles. The number of anilines is 2. The maximum absolute atomic E-state index is 14.5. The molecule has 9 amide bonds. The van der Waals surface area contributed by atoms with E-state index in [9.17, 15) is 61.2 Å². The highest BCUT2D eigenvalue weighted by atomic mass is 32.2. The maximum Gasteiger partial charge on any atom is 0.410 e. The molecule has 8 aromatic rings. The number of benzene rings is 5. The molecule has 5 aromatic carbocycles. The highest BCUT2D eigenvalue weighted by molar-refractivity contribution is 7.85. The summed E-state index contributed by atoms with van der Waals surface area (Å²) in [5.74, 6) is -7.02. The second-order valence-electron chi connectivity index (χ2n) is 36.5. The highest BCUT2D eigenvalue weighted by Gasteiger charge is 2.66. The number of aromatic carboxylic acids is 1. The Morgan fingerprint density at radius 3 is 1.74 bits per heavy atom. The third-order valence-corrected chi connectivity index (χ3v) is 26.6. The summed E-state index contributed by atoms with van der Waals surface area (Å²) in [5, 5.41) is 25.6. The first-order valence-electron chi connectivity index (χ1n) is 47.4. The fraction of sp³-hybridized carbons (Fsp3) is 0.520. The molecule has 13 rings (SSSR count). The number of carbonyl (C=O) groups excluding carboxylic acids is 8. The number of nitrogens with one attached hydrogen (secondary N) is 3. The lowest BCUT2D eigenvalue weighted by Crippen LogP contribution is -2.64. The summed E-state index contributed by atoms with van der Waals surface area (Å²) in [6.07, 6.45) is 7.40. The maximum atomic E-state index is 14.5. The fourth-order valence-corrected chi connectivity index (χ4v) is 20.9. The van der Waals surface area contributed by atoms with E-state index in [1.54, 1.807) is 75.7 Å². The summed E-state index contributed by atoms with van der Waals surface area (Å²) in [5.41, 5.74) is 15.3. The molecule has 4 aliphatic carbocycles. The smallest absolute Gasteiger partial charge is 0.410 e. The van der Waals surface area contributed by atoms with Crippen LogP contribution in [0.2, 0.25) is 0 Å². The van der Waals surface area contributed by atoms with Gasteiger partial charge in [-0.15, -0.1) is 0 Å². The van der Waals surface area contributed by atoms with Gasteiger partial charge in [0.25, 0.3) is 27.8 Å². The first-order chi connectivity index (χ1) is 67.9. The van der Waals surface area contributed by atoms with E-state index in [2.05, 4.69) is 34.8 Å². The number of carbonyl (C=O) groups is 9. The van der Waals surface area contributed by atoms with E-state index >= 15 is 0 Å². The van der Waals surface area contributed by atoms with Crippen molar-refractivity contribution in [2.75, 3.05) is 195 Å². The summed E-state index contributed by atoms with van der Waals surface area (Å²) in [6.45, 7) is 18.5. The summed E-state index contributed by atoms with van der Waals surface area (Å²) in [4.78, 5) is 137. The zero-order valence-corrected chi connectivity index (χ0v) is 82.3. The molecule has 5 aliphatic rings. The lowest BCUT2D eigenvalue weighted by atomic mass is 9.39. The molecule has 4 saturated carbocycles. The van der Waals surface area contributed by atoms with Crippen LogP contribution < -0.4 is 37.1 Å². The Bertz CT molecular complexity index is 5620. The number of nitrogens with zero attached hydrogens (tertiary/aromatic N) is 7. The highest BCUT2D eigenvalue weighted by Crippen LogP contribution is 2.72. The average molecular weight is 2000 g/mol. The van der Waals surface area contributed by atoms with E-state index in [1.807, 2.05) is 60.1 Å². The predicted molar refractivity (Wildman–Crippen MR) is 522 cm³/mol. The lowest BCUT2D eigenvalue weighted by Gasteiger charge is -2.69. The zero-order valence-electron chi connectivity index (χ0n) is 80.7. The van der Waals surface area contributed by atoms with Crippen molar-refractivity contribution in [3.63, 3.8) is 0 Å². The minimum Gasteiger partial charge on any atom is -0.491 e. The molecule has 1 aliphatic heterocycles. The van der Waals surface area contributed by atoms with Crippen molar-refractivity contribution in [2.45, 2.75) is 129 Å². The molecule has 4 bridgehead atoms. The van der Waals surface area contributed by atoms with Crippen LogP contribution in [0.5, 0.6) is 5.75 Å². The van der Waals surface area contributed by atoms with Crippen molar-refractivity contribution in [2.24, 2.45) is 33.6 Å². The number of pyridine rings is 1. The van der Waals surface area contributed by atoms with Gasteiger partial charge in [-0.3, -0.25) is 58.4 Å². The average Bonchev–Trinajstić information content (AvgIpc) is 1.12. The van der Waals surface area contributed by atoms with E-state index in [-0.39, 0.29) is 92.3 Å². The largest absolute Gasteiger partial charge is 0.491 e. The predicted octanol–water partition coefficient (Wildman–Crippen LogP) is 9.80. The van der Waals surface area contributed by atoms with Gasteiger partial charge < -0.3 is 93.1 Å². The number of hydrogen-bond acceptors (Lipinski definition) is 30. The van der Waals surface area contributed by atoms with Crippen LogP contribution in [0.15, 0.2) is 140 Å². The molecule has 141 heavy (non-hydrogen) atoms. The lowest BCUT2D eigenvalue weighted by molar-refractivity contribution is -0.248. The van der Waals surface area contributed by atoms with E-state index in [0.29, 0.717) is 213 Å². The molecular weight excluding hydrogens is 1870 g/mol. The Morgan fingerprint density at radius 1 is 0.617 bits per heavy atom. The number of nitrogens with two attached hydrogens (primary N) is 2. The third-order valence-electron chi connectivity index (χ3n) is 24.9. The number of para-hydroxylation sites is 1. The fourth-order valence-electron chi connectivity index (χ4n) is 19.6. The normalized spacial score (nSPS) is 18.3. The van der Waals surface area contributed by atoms with Crippen molar-refractivity contribution in [3.8, 4) is 28.1 Å². The molecule has 5 atom stereocenters. The van der Waals surface area contributed by atoms with Gasteiger partial charge in [0.2, 0.25) is 17.7 Å². The quantitative estimate of drug-likeness (QED) is 0.0106. The van der Waals surface area contributed by atoms with Crippen LogP contribution in [0, 0.1) is 29.1 Å². The SMILES string of the molecule is COCCOCCOCCOCCOCCOCCOCCOCCOCCOCCOCCOc1ccc(C[C@@H](C(=O)N[C@H](C(=O)NC(=O)[C@H](CCCN)N(C(N)=O)c2ccc(COC(=O)N(CCOC34CC5(C)CC(C)(CC(Cn6ncc(-c7ccc(-c8ccc9cccc(C(=O)Nc%10nc%11ccccc%11s%10)c9c8)nc7C(=O)O)c6C)(C5)C3)C4)CCS(=O)(=O)O)cc2)C(C)C)N2C(=O)C=CC2=O)cc1. The number of carboxylic acid groups (broad SMARTS) is 1. The number of ether oxygens (including phenoxy) is 14. The number of aromatic nitrogens is 4. The van der Waals surface area contributed by atoms with Crippen LogP contribution in [-0.2, 0) is 115 Å². The minimum absolute atomic E-state index is 0.0300. The minimum atomic E-state index is -4.59. The Kier molecular flexibility index (Phi) is 40.6. The summed E-state index contributed by atoms with van der Waals surface area (Å²) in [6, 6.07) is 29.1. The Labute approximate surface area is 823 Å². The topological polar surface area (TPSA) is 499 Å². The van der Waals surface area contributed by atoms with Gasteiger partial charge in [0, 0.05) is 79.0 Å². The van der Waals surface area contributed by atoms with E-state index in [4.69, 9.17) is 87.9 Å². The molecule has 3 aromatic heterocycles. The van der Waals surface area contributed by atoms with Crippen LogP contribution in [-0.4, -0.2) is 309 Å². The molecule has 9 N–H and O–H groups in total. The van der Waals surface area contributed by atoms with Gasteiger partial charge in [-0.2, -0.15) is 13.5 Å². The second-order valence-corrected chi connectivity index (χ2v) is 39.1. The molecule has 764 valence electrons. The number of fused-ring (bicyclic) bond motifs is 2. The van der Waals surface area contributed by atoms with E-state index in [0.717, 1.165) is 67.4 Å². The Balaban J connectivity index is 0.574. The standard InChI is InChI=1S/C100H130N12O27S2/c1-68(2)87(106-91(117)83(112-85(113)28-29-86(112)114)57-70-18-24-75(25-19-70)137-55-54-136-53-52-135-51-50-134-49-48-133-47-46-132-45-44-131-43-42-130-41-40-129-39-38-128-37-36-127-35-34-126-6)92(118)107-90(116)82(14-10-30-101)111(94(102)121)74-22-16-71(17-23-74)60-138-96(122)109(32-56-141(123,124)125)31-33-139-100-64-97(4)61-98(5,65-100)63-99(62-97,66-100)67-110-69(3)79(59-103-110)76-26-27-80(104-88(76)93(119)120)73-21-20-72-11-9-12-77(78(72)58-73)89(115)108-95-105-81-13-7-8-15-84(81)140-95/h7-9,11-13,15-29,58-59,68,82-83,87H,10,14,30-57,60-67,101H2,1-6H3,(H2,102,121)(H,106,117)(H,119,120)(H,105,108,115)(H,107,116,118)(H,123,124,125)/t82-,83-,87-,97?,98?,99?,100?/m0/s1. The van der Waals surface area contributed by atoms with Gasteiger partial charge >= 0.3 is 18.1 Å². The summed E-state index contributed by atoms with van der Waals surface area (Å²) >= 11 is 1.37. The Hall–Kier alpha value is -11.2. The number of primary amides is 1. The zero-order chi connectivity index (χ0) is 101.